The quantitative estimate of drug-likeness (QED) is 0.747. The van der Waals surface area contributed by atoms with E-state index in [-0.39, 0.29) is 0 Å². The standard InChI is InChI=1S/C12H23N5O/c1-3-13-8-11-9-17(15-14-11)6-5-16(2)12-4-7-18-10-12/h9,12-13H,3-8,10H2,1-2H3. The van der Waals surface area contributed by atoms with Crippen LogP contribution >= 0.6 is 0 Å². The molecule has 0 spiro atoms. The van der Waals surface area contributed by atoms with Gasteiger partial charge in [0.25, 0.3) is 0 Å². The van der Waals surface area contributed by atoms with Crippen LogP contribution in [0.2, 0.25) is 0 Å². The first kappa shape index (κ1) is 13.5. The largest absolute Gasteiger partial charge is 0.380 e. The van der Waals surface area contributed by atoms with E-state index < -0.39 is 0 Å². The second kappa shape index (κ2) is 6.82. The fraction of sp³-hybridized carbons (Fsp3) is 0.833. The number of aromatic nitrogens is 3. The van der Waals surface area contributed by atoms with E-state index in [2.05, 4.69) is 34.5 Å². The van der Waals surface area contributed by atoms with E-state index in [1.807, 2.05) is 10.9 Å². The summed E-state index contributed by atoms with van der Waals surface area (Å²) in [6.45, 7) is 7.46. The van der Waals surface area contributed by atoms with Crippen LogP contribution in [0.25, 0.3) is 0 Å². The molecule has 1 aliphatic heterocycles. The van der Waals surface area contributed by atoms with Crippen molar-refractivity contribution in [3.05, 3.63) is 11.9 Å². The smallest absolute Gasteiger partial charge is 0.0964 e. The summed E-state index contributed by atoms with van der Waals surface area (Å²) < 4.78 is 7.31. The van der Waals surface area contributed by atoms with E-state index in [1.165, 1.54) is 0 Å². The van der Waals surface area contributed by atoms with E-state index in [0.717, 1.165) is 51.5 Å². The Hall–Kier alpha value is -0.980. The topological polar surface area (TPSA) is 55.2 Å². The van der Waals surface area contributed by atoms with Crippen molar-refractivity contribution in [2.75, 3.05) is 33.4 Å². The van der Waals surface area contributed by atoms with Gasteiger partial charge in [0.15, 0.2) is 0 Å². The molecule has 1 aromatic rings. The maximum atomic E-state index is 5.39. The van der Waals surface area contributed by atoms with Gasteiger partial charge < -0.3 is 10.1 Å². The minimum absolute atomic E-state index is 0.565. The summed E-state index contributed by atoms with van der Waals surface area (Å²) in [4.78, 5) is 2.35. The number of rotatable bonds is 7. The Bertz CT molecular complexity index is 348. The number of likely N-dealkylation sites (N-methyl/N-ethyl adjacent to an activating group) is 1. The van der Waals surface area contributed by atoms with Gasteiger partial charge in [0.05, 0.1) is 18.8 Å². The summed E-state index contributed by atoms with van der Waals surface area (Å²) in [5.74, 6) is 0. The van der Waals surface area contributed by atoms with Crippen LogP contribution in [0.5, 0.6) is 0 Å². The summed E-state index contributed by atoms with van der Waals surface area (Å²) in [6, 6.07) is 0.565. The summed E-state index contributed by atoms with van der Waals surface area (Å²) in [5, 5.41) is 11.5. The predicted molar refractivity (Wildman–Crippen MR) is 69.3 cm³/mol. The molecule has 1 saturated heterocycles. The molecule has 0 aliphatic carbocycles. The molecule has 1 unspecified atom stereocenters. The van der Waals surface area contributed by atoms with Crippen LogP contribution in [0.4, 0.5) is 0 Å². The monoisotopic (exact) mass is 253 g/mol. The van der Waals surface area contributed by atoms with Crippen LogP contribution in [0.15, 0.2) is 6.20 Å². The molecule has 18 heavy (non-hydrogen) atoms. The van der Waals surface area contributed by atoms with Gasteiger partial charge in [0.2, 0.25) is 0 Å². The second-order valence-corrected chi connectivity index (χ2v) is 4.75. The lowest BCUT2D eigenvalue weighted by atomic mass is 10.2. The zero-order chi connectivity index (χ0) is 12.8. The van der Waals surface area contributed by atoms with Crippen LogP contribution < -0.4 is 5.32 Å². The van der Waals surface area contributed by atoms with E-state index in [0.29, 0.717) is 6.04 Å². The van der Waals surface area contributed by atoms with E-state index >= 15 is 0 Å². The van der Waals surface area contributed by atoms with E-state index in [4.69, 9.17) is 4.74 Å². The highest BCUT2D eigenvalue weighted by atomic mass is 16.5. The molecule has 0 amide bonds. The first-order valence-corrected chi connectivity index (χ1v) is 6.67. The minimum atomic E-state index is 0.565. The third-order valence-corrected chi connectivity index (χ3v) is 3.35. The summed E-state index contributed by atoms with van der Waals surface area (Å²) in [6.07, 6.45) is 3.15. The normalized spacial score (nSPS) is 19.8. The molecule has 1 aliphatic rings. The Labute approximate surface area is 108 Å². The number of nitrogens with zero attached hydrogens (tertiary/aromatic N) is 4. The highest BCUT2D eigenvalue weighted by molar-refractivity contribution is 4.91. The first-order chi connectivity index (χ1) is 8.79. The van der Waals surface area contributed by atoms with Gasteiger partial charge in [-0.25, -0.2) is 0 Å². The SMILES string of the molecule is CCNCc1cn(CCN(C)C2CCOC2)nn1. The molecule has 0 radical (unpaired) electrons. The van der Waals surface area contributed by atoms with Gasteiger partial charge in [-0.05, 0) is 20.0 Å². The van der Waals surface area contributed by atoms with Crippen LogP contribution in [0.1, 0.15) is 19.0 Å². The minimum Gasteiger partial charge on any atom is -0.380 e. The molecule has 0 bridgehead atoms. The van der Waals surface area contributed by atoms with Gasteiger partial charge >= 0.3 is 0 Å². The zero-order valence-electron chi connectivity index (χ0n) is 11.3. The van der Waals surface area contributed by atoms with Crippen LogP contribution in [-0.2, 0) is 17.8 Å². The van der Waals surface area contributed by atoms with Gasteiger partial charge in [-0.3, -0.25) is 9.58 Å². The van der Waals surface area contributed by atoms with E-state index in [9.17, 15) is 0 Å². The summed E-state index contributed by atoms with van der Waals surface area (Å²) in [5.41, 5.74) is 1.00. The van der Waals surface area contributed by atoms with Crippen molar-refractivity contribution in [1.82, 2.24) is 25.2 Å². The number of hydrogen-bond acceptors (Lipinski definition) is 5. The van der Waals surface area contributed by atoms with Crippen LogP contribution in [0, 0.1) is 0 Å². The molecule has 1 N–H and O–H groups in total. The highest BCUT2D eigenvalue weighted by Gasteiger charge is 2.19. The van der Waals surface area contributed by atoms with Crippen molar-refractivity contribution >= 4 is 0 Å². The Morgan fingerprint density at radius 2 is 2.50 bits per heavy atom. The van der Waals surface area contributed by atoms with Crippen molar-refractivity contribution in [2.45, 2.75) is 32.5 Å². The van der Waals surface area contributed by atoms with Crippen molar-refractivity contribution in [3.63, 3.8) is 0 Å². The average molecular weight is 253 g/mol. The fourth-order valence-corrected chi connectivity index (χ4v) is 2.09. The lowest BCUT2D eigenvalue weighted by molar-refractivity contribution is 0.156. The average Bonchev–Trinajstić information content (AvgIpc) is 3.04. The van der Waals surface area contributed by atoms with Crippen LogP contribution in [-0.4, -0.2) is 59.3 Å². The van der Waals surface area contributed by atoms with Gasteiger partial charge in [-0.1, -0.05) is 12.1 Å². The number of ether oxygens (including phenoxy) is 1. The molecule has 2 heterocycles. The fourth-order valence-electron chi connectivity index (χ4n) is 2.09. The lowest BCUT2D eigenvalue weighted by Gasteiger charge is -2.22. The number of hydrogen-bond donors (Lipinski definition) is 1. The molecule has 1 aromatic heterocycles. The van der Waals surface area contributed by atoms with Gasteiger partial charge in [-0.15, -0.1) is 5.10 Å². The maximum Gasteiger partial charge on any atom is 0.0964 e. The molecule has 6 nitrogen and oxygen atoms in total. The molecule has 0 aromatic carbocycles. The first-order valence-electron chi connectivity index (χ1n) is 6.67. The summed E-state index contributed by atoms with van der Waals surface area (Å²) >= 11 is 0. The predicted octanol–water partition coefficient (Wildman–Crippen LogP) is 0.108. The van der Waals surface area contributed by atoms with Crippen LogP contribution in [0.3, 0.4) is 0 Å². The third-order valence-electron chi connectivity index (χ3n) is 3.35. The summed E-state index contributed by atoms with van der Waals surface area (Å²) in [7, 11) is 2.15. The molecule has 102 valence electrons. The Balaban J connectivity index is 1.73. The molecule has 0 saturated carbocycles. The Morgan fingerprint density at radius 3 is 3.22 bits per heavy atom. The zero-order valence-corrected chi connectivity index (χ0v) is 11.3. The van der Waals surface area contributed by atoms with Crippen molar-refractivity contribution < 1.29 is 4.74 Å². The Morgan fingerprint density at radius 1 is 1.61 bits per heavy atom. The van der Waals surface area contributed by atoms with Gasteiger partial charge in [0, 0.05) is 31.9 Å². The highest BCUT2D eigenvalue weighted by Crippen LogP contribution is 2.10. The molecular formula is C12H23N5O. The maximum absolute atomic E-state index is 5.39. The number of nitrogens with one attached hydrogen (secondary N) is 1. The van der Waals surface area contributed by atoms with Crippen molar-refractivity contribution in [2.24, 2.45) is 0 Å². The van der Waals surface area contributed by atoms with Crippen molar-refractivity contribution in [1.29, 1.82) is 0 Å². The lowest BCUT2D eigenvalue weighted by Crippen LogP contribution is -2.34. The van der Waals surface area contributed by atoms with Gasteiger partial charge in [-0.2, -0.15) is 0 Å². The molecule has 6 heteroatoms. The molecular weight excluding hydrogens is 230 g/mol. The Kier molecular flexibility index (Phi) is 5.10. The second-order valence-electron chi connectivity index (χ2n) is 4.75. The molecule has 1 fully saturated rings. The van der Waals surface area contributed by atoms with Crippen molar-refractivity contribution in [3.8, 4) is 0 Å². The third kappa shape index (κ3) is 3.76. The molecule has 1 atom stereocenters. The molecule has 2 rings (SSSR count). The van der Waals surface area contributed by atoms with E-state index in [1.54, 1.807) is 0 Å². The van der Waals surface area contributed by atoms with Gasteiger partial charge in [0.1, 0.15) is 0 Å².